The zero-order valence-electron chi connectivity index (χ0n) is 21.3. The van der Waals surface area contributed by atoms with E-state index in [1.54, 1.807) is 7.11 Å². The Labute approximate surface area is 217 Å². The van der Waals surface area contributed by atoms with Gasteiger partial charge in [-0.05, 0) is 68.5 Å². The van der Waals surface area contributed by atoms with Crippen LogP contribution in [0.2, 0.25) is 0 Å². The van der Waals surface area contributed by atoms with Crippen LogP contribution in [0, 0.1) is 5.92 Å². The van der Waals surface area contributed by atoms with E-state index in [9.17, 15) is 4.79 Å². The fourth-order valence-corrected chi connectivity index (χ4v) is 4.63. The molecule has 0 aromatic heterocycles. The van der Waals surface area contributed by atoms with Crippen molar-refractivity contribution in [2.75, 3.05) is 33.3 Å². The van der Waals surface area contributed by atoms with Gasteiger partial charge in [-0.25, -0.2) is 9.59 Å². The molecule has 2 fully saturated rings. The molecule has 0 aliphatic carbocycles. The summed E-state index contributed by atoms with van der Waals surface area (Å²) in [6, 6.07) is 16.3. The van der Waals surface area contributed by atoms with Gasteiger partial charge in [-0.2, -0.15) is 0 Å². The molecular formula is C28H36N2O7. The van der Waals surface area contributed by atoms with Crippen LogP contribution in [0.3, 0.4) is 0 Å². The molecule has 4 rings (SSSR count). The number of carboxylic acid groups (broad SMARTS) is 2. The highest BCUT2D eigenvalue weighted by atomic mass is 16.5. The van der Waals surface area contributed by atoms with E-state index >= 15 is 0 Å². The Morgan fingerprint density at radius 2 is 1.49 bits per heavy atom. The van der Waals surface area contributed by atoms with Crippen LogP contribution in [0.4, 0.5) is 0 Å². The lowest BCUT2D eigenvalue weighted by molar-refractivity contribution is -0.159. The predicted octanol–water partition coefficient (Wildman–Crippen LogP) is 3.65. The second-order valence-electron chi connectivity index (χ2n) is 9.31. The minimum atomic E-state index is -1.82. The molecule has 9 heteroatoms. The summed E-state index contributed by atoms with van der Waals surface area (Å²) < 4.78 is 11.6. The van der Waals surface area contributed by atoms with Crippen molar-refractivity contribution in [3.8, 4) is 11.5 Å². The summed E-state index contributed by atoms with van der Waals surface area (Å²) in [6.07, 6.45) is 5.52. The summed E-state index contributed by atoms with van der Waals surface area (Å²) in [4.78, 5) is 35.5. The number of carbonyl (C=O) groups excluding carboxylic acids is 1. The highest BCUT2D eigenvalue weighted by Gasteiger charge is 2.29. The number of likely N-dealkylation sites (tertiary alicyclic amines) is 2. The summed E-state index contributed by atoms with van der Waals surface area (Å²) in [5, 5.41) is 14.8. The molecular weight excluding hydrogens is 476 g/mol. The van der Waals surface area contributed by atoms with Crippen molar-refractivity contribution in [3.05, 3.63) is 59.7 Å². The number of nitrogens with zero attached hydrogens (tertiary/aromatic N) is 2. The number of carbonyl (C=O) groups is 3. The molecule has 0 atom stereocenters. The zero-order chi connectivity index (χ0) is 26.6. The molecule has 1 amide bonds. The molecule has 2 heterocycles. The van der Waals surface area contributed by atoms with Crippen LogP contribution in [0.25, 0.3) is 0 Å². The molecule has 0 spiro atoms. The zero-order valence-corrected chi connectivity index (χ0v) is 21.3. The Hall–Kier alpha value is -3.59. The van der Waals surface area contributed by atoms with Gasteiger partial charge in [-0.15, -0.1) is 0 Å². The Bertz CT molecular complexity index is 1020. The average molecular weight is 513 g/mol. The molecule has 9 nitrogen and oxygen atoms in total. The third-order valence-corrected chi connectivity index (χ3v) is 6.66. The van der Waals surface area contributed by atoms with Gasteiger partial charge in [0.05, 0.1) is 7.11 Å². The van der Waals surface area contributed by atoms with Crippen LogP contribution in [0.15, 0.2) is 48.5 Å². The quantitative estimate of drug-likeness (QED) is 0.540. The van der Waals surface area contributed by atoms with Crippen LogP contribution >= 0.6 is 0 Å². The van der Waals surface area contributed by atoms with E-state index in [-0.39, 0.29) is 5.92 Å². The first-order valence-corrected chi connectivity index (χ1v) is 12.7. The summed E-state index contributed by atoms with van der Waals surface area (Å²) in [7, 11) is 1.69. The first kappa shape index (κ1) is 28.0. The highest BCUT2D eigenvalue weighted by Crippen LogP contribution is 2.30. The van der Waals surface area contributed by atoms with Crippen molar-refractivity contribution in [3.63, 3.8) is 0 Å². The number of benzene rings is 2. The highest BCUT2D eigenvalue weighted by molar-refractivity contribution is 6.27. The van der Waals surface area contributed by atoms with Crippen LogP contribution in [0.5, 0.6) is 11.5 Å². The van der Waals surface area contributed by atoms with Crippen LogP contribution in [0.1, 0.15) is 43.2 Å². The van der Waals surface area contributed by atoms with Crippen LogP contribution in [-0.4, -0.2) is 71.1 Å². The van der Waals surface area contributed by atoms with Gasteiger partial charge in [0.25, 0.3) is 0 Å². The third-order valence-electron chi connectivity index (χ3n) is 6.66. The largest absolute Gasteiger partial charge is 0.493 e. The normalized spacial score (nSPS) is 16.3. The Morgan fingerprint density at radius 3 is 2.08 bits per heavy atom. The molecule has 0 saturated carbocycles. The Kier molecular flexibility index (Phi) is 10.8. The lowest BCUT2D eigenvalue weighted by Gasteiger charge is -2.35. The van der Waals surface area contributed by atoms with Crippen molar-refractivity contribution in [1.29, 1.82) is 0 Å². The number of methoxy groups -OCH3 is 1. The summed E-state index contributed by atoms with van der Waals surface area (Å²) in [6.45, 7) is 5.25. The minimum absolute atomic E-state index is 0.206. The molecule has 2 N–H and O–H groups in total. The molecule has 0 radical (unpaired) electrons. The summed E-state index contributed by atoms with van der Waals surface area (Å²) in [5.74, 6) is -1.52. The van der Waals surface area contributed by atoms with Crippen molar-refractivity contribution < 1.29 is 34.1 Å². The number of hydrogen-bond donors (Lipinski definition) is 2. The molecule has 0 unspecified atom stereocenters. The van der Waals surface area contributed by atoms with Gasteiger partial charge in [0.15, 0.2) is 11.5 Å². The Balaban J connectivity index is 0.000000568. The average Bonchev–Trinajstić information content (AvgIpc) is 2.93. The smallest absolute Gasteiger partial charge is 0.414 e. The maximum atomic E-state index is 12.8. The SMILES string of the molecule is COc1cc(CN2CCC(C(=O)N3CCCCC3)CC2)ccc1OCc1ccccc1.O=C(O)C(=O)O. The lowest BCUT2D eigenvalue weighted by atomic mass is 9.94. The minimum Gasteiger partial charge on any atom is -0.493 e. The molecule has 2 aromatic rings. The molecule has 0 bridgehead atoms. The van der Waals surface area contributed by atoms with Crippen LogP contribution < -0.4 is 9.47 Å². The van der Waals surface area contributed by atoms with Crippen molar-refractivity contribution in [2.45, 2.75) is 45.3 Å². The molecule has 200 valence electrons. The first-order valence-electron chi connectivity index (χ1n) is 12.7. The fraction of sp³-hybridized carbons (Fsp3) is 0.464. The van der Waals surface area contributed by atoms with Gasteiger partial charge in [-0.1, -0.05) is 36.4 Å². The number of amides is 1. The number of piperidine rings is 2. The van der Waals surface area contributed by atoms with Crippen molar-refractivity contribution in [1.82, 2.24) is 9.80 Å². The predicted molar refractivity (Wildman–Crippen MR) is 137 cm³/mol. The van der Waals surface area contributed by atoms with Gasteiger partial charge in [0, 0.05) is 25.6 Å². The van der Waals surface area contributed by atoms with Crippen molar-refractivity contribution >= 4 is 17.8 Å². The first-order chi connectivity index (χ1) is 17.9. The van der Waals surface area contributed by atoms with Gasteiger partial charge in [0.2, 0.25) is 5.91 Å². The van der Waals surface area contributed by atoms with E-state index in [1.807, 2.05) is 24.3 Å². The van der Waals surface area contributed by atoms with E-state index < -0.39 is 11.9 Å². The topological polar surface area (TPSA) is 117 Å². The number of rotatable bonds is 7. The van der Waals surface area contributed by atoms with E-state index in [4.69, 9.17) is 29.3 Å². The van der Waals surface area contributed by atoms with Gasteiger partial charge < -0.3 is 24.6 Å². The van der Waals surface area contributed by atoms with Gasteiger partial charge >= 0.3 is 11.9 Å². The summed E-state index contributed by atoms with van der Waals surface area (Å²) >= 11 is 0. The fourth-order valence-electron chi connectivity index (χ4n) is 4.63. The molecule has 2 aromatic carbocycles. The van der Waals surface area contributed by atoms with Gasteiger partial charge in [0.1, 0.15) is 6.61 Å². The number of aliphatic carboxylic acids is 2. The number of ether oxygens (including phenoxy) is 2. The third kappa shape index (κ3) is 8.78. The molecule has 2 aliphatic rings. The second kappa shape index (κ2) is 14.2. The molecule has 37 heavy (non-hydrogen) atoms. The molecule has 2 saturated heterocycles. The lowest BCUT2D eigenvalue weighted by Crippen LogP contribution is -2.44. The second-order valence-corrected chi connectivity index (χ2v) is 9.31. The maximum absolute atomic E-state index is 12.8. The van der Waals surface area contributed by atoms with E-state index in [0.29, 0.717) is 12.5 Å². The Morgan fingerprint density at radius 1 is 0.838 bits per heavy atom. The maximum Gasteiger partial charge on any atom is 0.414 e. The van der Waals surface area contributed by atoms with E-state index in [0.717, 1.165) is 75.5 Å². The number of carboxylic acids is 2. The number of hydrogen-bond acceptors (Lipinski definition) is 6. The van der Waals surface area contributed by atoms with Gasteiger partial charge in [-0.3, -0.25) is 9.69 Å². The monoisotopic (exact) mass is 512 g/mol. The molecule has 2 aliphatic heterocycles. The van der Waals surface area contributed by atoms with Crippen molar-refractivity contribution in [2.24, 2.45) is 5.92 Å². The van der Waals surface area contributed by atoms with Crippen LogP contribution in [-0.2, 0) is 27.5 Å². The van der Waals surface area contributed by atoms with E-state index in [1.165, 1.54) is 12.0 Å². The van der Waals surface area contributed by atoms with E-state index in [2.05, 4.69) is 34.1 Å². The summed E-state index contributed by atoms with van der Waals surface area (Å²) in [5.41, 5.74) is 2.35. The standard InChI is InChI=1S/C26H34N2O3.C2H2O4/c1-30-25-18-22(10-11-24(25)31-20-21-8-4-2-5-9-21)19-27-16-12-23(13-17-27)26(29)28-14-6-3-7-15-28;3-1(4)2(5)6/h2,4-5,8-11,18,23H,3,6-7,12-17,19-20H2,1H3;(H,3,4)(H,5,6).